The third-order valence-corrected chi connectivity index (χ3v) is 6.68. The molecule has 0 saturated carbocycles. The summed E-state index contributed by atoms with van der Waals surface area (Å²) < 4.78 is 39.0. The number of nitrogens with one attached hydrogen (secondary N) is 2. The molecule has 1 aliphatic rings. The first-order valence-electron chi connectivity index (χ1n) is 12.8. The van der Waals surface area contributed by atoms with Crippen LogP contribution in [0.15, 0.2) is 60.9 Å². The van der Waals surface area contributed by atoms with E-state index in [0.717, 1.165) is 11.8 Å². The van der Waals surface area contributed by atoms with Gasteiger partial charge < -0.3 is 25.8 Å². The van der Waals surface area contributed by atoms with Crippen LogP contribution in [0.5, 0.6) is 0 Å². The highest BCUT2D eigenvalue weighted by Gasteiger charge is 2.23. The van der Waals surface area contributed by atoms with Crippen LogP contribution >= 0.6 is 11.6 Å². The molecule has 0 unspecified atom stereocenters. The smallest absolute Gasteiger partial charge is 0.404 e. The topological polar surface area (TPSA) is 116 Å². The van der Waals surface area contributed by atoms with Crippen molar-refractivity contribution in [2.75, 3.05) is 25.6 Å². The van der Waals surface area contributed by atoms with Crippen LogP contribution in [0.3, 0.4) is 0 Å². The molecule has 1 fully saturated rings. The van der Waals surface area contributed by atoms with Gasteiger partial charge in [-0.05, 0) is 61.2 Å². The van der Waals surface area contributed by atoms with Gasteiger partial charge in [-0.3, -0.25) is 9.78 Å². The number of morpholine rings is 1. The number of pyridine rings is 1. The fourth-order valence-electron chi connectivity index (χ4n) is 4.31. The first-order valence-corrected chi connectivity index (χ1v) is 13.2. The Bertz CT molecular complexity index is 1270. The van der Waals surface area contributed by atoms with Gasteiger partial charge in [0.15, 0.2) is 0 Å². The van der Waals surface area contributed by atoms with Crippen LogP contribution in [-0.4, -0.2) is 49.4 Å². The summed E-state index contributed by atoms with van der Waals surface area (Å²) in [6.07, 6.45) is 2.87. The number of hydrogen-bond acceptors (Lipinski definition) is 6. The van der Waals surface area contributed by atoms with Gasteiger partial charge >= 0.3 is 6.09 Å². The van der Waals surface area contributed by atoms with Crippen LogP contribution in [-0.2, 0) is 20.7 Å². The lowest BCUT2D eigenvalue weighted by atomic mass is 9.88. The zero-order chi connectivity index (χ0) is 29.1. The van der Waals surface area contributed by atoms with E-state index in [2.05, 4.69) is 33.0 Å². The lowest BCUT2D eigenvalue weighted by Crippen LogP contribution is -2.44. The van der Waals surface area contributed by atoms with Gasteiger partial charge in [0.1, 0.15) is 11.6 Å². The minimum atomic E-state index is -0.745. The second kappa shape index (κ2) is 15.3. The third kappa shape index (κ3) is 9.25. The summed E-state index contributed by atoms with van der Waals surface area (Å²) >= 11 is 6.02. The predicted octanol–water partition coefficient (Wildman–Crippen LogP) is 5.19. The van der Waals surface area contributed by atoms with E-state index in [1.165, 1.54) is 19.4 Å². The van der Waals surface area contributed by atoms with Crippen molar-refractivity contribution in [1.29, 1.82) is 0 Å². The number of carbonyl (C=O) groups excluding carboxylic acids is 2. The molecule has 0 bridgehead atoms. The lowest BCUT2D eigenvalue weighted by Gasteiger charge is -2.28. The second-order valence-corrected chi connectivity index (χ2v) is 9.78. The van der Waals surface area contributed by atoms with Gasteiger partial charge in [-0.15, -0.1) is 0 Å². The number of ether oxygens (including phenoxy) is 2. The maximum atomic E-state index is 14.7. The predicted molar refractivity (Wildman–Crippen MR) is 149 cm³/mol. The fourth-order valence-corrected chi connectivity index (χ4v) is 4.44. The number of primary amides is 1. The molecule has 4 N–H and O–H groups in total. The maximum absolute atomic E-state index is 14.7. The van der Waals surface area contributed by atoms with E-state index in [4.69, 9.17) is 16.3 Å². The summed E-state index contributed by atoms with van der Waals surface area (Å²) in [5, 5.41) is 6.75. The first kappa shape index (κ1) is 30.9. The van der Waals surface area contributed by atoms with Gasteiger partial charge in [-0.2, -0.15) is 0 Å². The van der Waals surface area contributed by atoms with E-state index in [1.54, 1.807) is 42.5 Å². The first-order chi connectivity index (χ1) is 19.2. The van der Waals surface area contributed by atoms with Crippen molar-refractivity contribution in [3.8, 4) is 0 Å². The number of aromatic nitrogens is 1. The molecule has 2 aromatic carbocycles. The molecule has 8 nitrogen and oxygen atoms in total. The minimum Gasteiger partial charge on any atom is -0.453 e. The number of amides is 2. The summed E-state index contributed by atoms with van der Waals surface area (Å²) in [6.45, 7) is 3.37. The van der Waals surface area contributed by atoms with Crippen molar-refractivity contribution in [2.24, 2.45) is 5.73 Å². The van der Waals surface area contributed by atoms with E-state index < -0.39 is 17.8 Å². The molecule has 1 aliphatic heterocycles. The molecular formula is C29H33ClF2N4O4. The third-order valence-electron chi connectivity index (χ3n) is 6.43. The number of rotatable bonds is 8. The van der Waals surface area contributed by atoms with Crippen LogP contribution in [0.1, 0.15) is 42.4 Å². The summed E-state index contributed by atoms with van der Waals surface area (Å²) in [5.74, 6) is -1.79. The van der Waals surface area contributed by atoms with Crippen LogP contribution in [0.25, 0.3) is 0 Å². The molecule has 3 atom stereocenters. The van der Waals surface area contributed by atoms with Gasteiger partial charge in [-0.25, -0.2) is 13.6 Å². The van der Waals surface area contributed by atoms with Crippen LogP contribution in [0, 0.1) is 11.6 Å². The van der Waals surface area contributed by atoms with E-state index in [0.29, 0.717) is 53.9 Å². The molecule has 2 heterocycles. The Balaban J connectivity index is 0.000000810. The average molecular weight is 575 g/mol. The number of anilines is 1. The van der Waals surface area contributed by atoms with E-state index in [-0.39, 0.29) is 24.2 Å². The molecule has 1 aromatic heterocycles. The molecule has 214 valence electrons. The number of carbonyl (C=O) groups is 2. The number of benzene rings is 2. The lowest BCUT2D eigenvalue weighted by molar-refractivity contribution is -0.116. The van der Waals surface area contributed by atoms with Crippen molar-refractivity contribution in [3.63, 3.8) is 0 Å². The van der Waals surface area contributed by atoms with Gasteiger partial charge in [-0.1, -0.05) is 29.8 Å². The zero-order valence-electron chi connectivity index (χ0n) is 22.3. The summed E-state index contributed by atoms with van der Waals surface area (Å²) in [6, 6.07) is 13.4. The Morgan fingerprint density at radius 1 is 1.20 bits per heavy atom. The van der Waals surface area contributed by atoms with Crippen LogP contribution in [0.2, 0.25) is 5.02 Å². The number of methoxy groups -OCH3 is 1. The summed E-state index contributed by atoms with van der Waals surface area (Å²) in [4.78, 5) is 26.3. The fraction of sp³-hybridized carbons (Fsp3) is 0.345. The molecule has 0 radical (unpaired) electrons. The van der Waals surface area contributed by atoms with Gasteiger partial charge in [0.25, 0.3) is 0 Å². The molecule has 11 heteroatoms. The van der Waals surface area contributed by atoms with Gasteiger partial charge in [0, 0.05) is 47.4 Å². The second-order valence-electron chi connectivity index (χ2n) is 9.35. The summed E-state index contributed by atoms with van der Waals surface area (Å²) in [7, 11) is 1.22. The number of nitrogens with zero attached hydrogens (tertiary/aromatic N) is 1. The molecule has 1 saturated heterocycles. The van der Waals surface area contributed by atoms with Gasteiger partial charge in [0.2, 0.25) is 5.91 Å². The largest absolute Gasteiger partial charge is 0.453 e. The highest BCUT2D eigenvalue weighted by atomic mass is 35.5. The number of nitrogens with two attached hydrogens (primary N) is 1. The molecular weight excluding hydrogens is 542 g/mol. The molecule has 40 heavy (non-hydrogen) atoms. The Hall–Kier alpha value is -3.60. The Morgan fingerprint density at radius 2 is 1.93 bits per heavy atom. The monoisotopic (exact) mass is 574 g/mol. The van der Waals surface area contributed by atoms with Crippen molar-refractivity contribution < 1.29 is 27.8 Å². The summed E-state index contributed by atoms with van der Waals surface area (Å²) in [5.41, 5.74) is 6.37. The quantitative estimate of drug-likeness (QED) is 0.341. The SMILES string of the molecule is COC(N)=O.C[C@@H]1CO[C@H](CCc2c(F)cccc2NC(=O)C[C@@H](c2ccc(Cl)cc2)c2ccncc2F)CN1. The number of halogens is 3. The molecule has 3 aromatic rings. The molecule has 0 aliphatic carbocycles. The van der Waals surface area contributed by atoms with Crippen molar-refractivity contribution in [1.82, 2.24) is 10.3 Å². The van der Waals surface area contributed by atoms with Crippen LogP contribution in [0.4, 0.5) is 19.3 Å². The van der Waals surface area contributed by atoms with Crippen molar-refractivity contribution in [3.05, 3.63) is 94.3 Å². The normalized spacial score (nSPS) is 17.2. The Morgan fingerprint density at radius 3 is 2.55 bits per heavy atom. The van der Waals surface area contributed by atoms with E-state index in [1.807, 2.05) is 0 Å². The van der Waals surface area contributed by atoms with E-state index >= 15 is 0 Å². The van der Waals surface area contributed by atoms with Crippen LogP contribution < -0.4 is 16.4 Å². The Kier molecular flexibility index (Phi) is 11.8. The molecule has 2 amide bonds. The highest BCUT2D eigenvalue weighted by molar-refractivity contribution is 6.30. The maximum Gasteiger partial charge on any atom is 0.404 e. The van der Waals surface area contributed by atoms with Gasteiger partial charge in [0.05, 0.1) is 26.0 Å². The molecule has 0 spiro atoms. The van der Waals surface area contributed by atoms with E-state index in [9.17, 15) is 18.4 Å². The standard InChI is InChI=1S/C27H28ClF2N3O2.C2H5NO2/c1-17-16-35-20(14-32-17)9-10-22-24(29)3-2-4-26(22)33-27(34)13-23(18-5-7-19(28)8-6-18)21-11-12-31-15-25(21)30;1-5-2(3)4/h2-8,11-12,15,17,20,23,32H,9-10,13-14,16H2,1H3,(H,33,34);1H3,(H2,3,4)/t17-,20-,23+;/m1./s1. The highest BCUT2D eigenvalue weighted by Crippen LogP contribution is 2.31. The Labute approximate surface area is 237 Å². The average Bonchev–Trinajstić information content (AvgIpc) is 2.94. The molecule has 4 rings (SSSR count). The minimum absolute atomic E-state index is 0.0155. The zero-order valence-corrected chi connectivity index (χ0v) is 23.1. The number of hydrogen-bond donors (Lipinski definition) is 3. The van der Waals surface area contributed by atoms with Crippen molar-refractivity contribution >= 4 is 29.3 Å². The van der Waals surface area contributed by atoms with Crippen molar-refractivity contribution in [2.45, 2.75) is 44.2 Å².